The van der Waals surface area contributed by atoms with Crippen molar-refractivity contribution in [1.82, 2.24) is 14.8 Å². The van der Waals surface area contributed by atoms with E-state index in [0.717, 1.165) is 17.5 Å². The number of anilines is 1. The summed E-state index contributed by atoms with van der Waals surface area (Å²) in [7, 11) is 0. The number of hydrogen-bond acceptors (Lipinski definition) is 5. The van der Waals surface area contributed by atoms with E-state index in [-0.39, 0.29) is 11.3 Å². The highest BCUT2D eigenvalue weighted by atomic mass is 32.1. The molecule has 0 aliphatic carbocycles. The Hall–Kier alpha value is -3.26. The van der Waals surface area contributed by atoms with Gasteiger partial charge in [-0.15, -0.1) is 11.3 Å². The summed E-state index contributed by atoms with van der Waals surface area (Å²) in [6.45, 7) is 0. The summed E-state index contributed by atoms with van der Waals surface area (Å²) in [5, 5.41) is 20.3. The van der Waals surface area contributed by atoms with E-state index in [1.807, 2.05) is 24.3 Å². The second kappa shape index (κ2) is 6.57. The fourth-order valence-electron chi connectivity index (χ4n) is 2.72. The number of thiazole rings is 1. The Kier molecular flexibility index (Phi) is 4.10. The van der Waals surface area contributed by atoms with Crippen LogP contribution in [0.3, 0.4) is 0 Å². The van der Waals surface area contributed by atoms with Crippen LogP contribution in [0.4, 0.5) is 9.52 Å². The number of phenolic OH excluding ortho intramolecular Hbond substituents is 1. The molecule has 0 saturated carbocycles. The molecule has 2 heterocycles. The lowest BCUT2D eigenvalue weighted by molar-refractivity contribution is -0.118. The average Bonchev–Trinajstić information content (AvgIpc) is 3.27. The van der Waals surface area contributed by atoms with Gasteiger partial charge in [0.15, 0.2) is 11.2 Å². The summed E-state index contributed by atoms with van der Waals surface area (Å²) < 4.78 is 15.2. The van der Waals surface area contributed by atoms with E-state index in [0.29, 0.717) is 10.6 Å². The molecule has 0 aliphatic rings. The first-order chi connectivity index (χ1) is 12.6. The fraction of sp³-hybridized carbons (Fsp3) is 0.0556. The molecular formula is C18H13FN4O2S. The SMILES string of the molecule is O=C(Nc1nccs1)C(c1cc(F)ccc1O)n1cc2ccccc2n1. The number of rotatable bonds is 4. The molecular weight excluding hydrogens is 355 g/mol. The molecule has 0 saturated heterocycles. The van der Waals surface area contributed by atoms with Gasteiger partial charge in [0.2, 0.25) is 0 Å². The number of carbonyl (C=O) groups excluding carboxylic acids is 1. The topological polar surface area (TPSA) is 80.0 Å². The lowest BCUT2D eigenvalue weighted by Crippen LogP contribution is -2.27. The van der Waals surface area contributed by atoms with Crippen LogP contribution in [0.2, 0.25) is 0 Å². The highest BCUT2D eigenvalue weighted by molar-refractivity contribution is 7.13. The maximum atomic E-state index is 13.8. The van der Waals surface area contributed by atoms with E-state index < -0.39 is 17.8 Å². The van der Waals surface area contributed by atoms with Crippen LogP contribution in [0, 0.1) is 5.82 Å². The Morgan fingerprint density at radius 1 is 1.27 bits per heavy atom. The first-order valence-electron chi connectivity index (χ1n) is 7.74. The van der Waals surface area contributed by atoms with Gasteiger partial charge in [0.25, 0.3) is 5.91 Å². The van der Waals surface area contributed by atoms with Crippen LogP contribution >= 0.6 is 11.3 Å². The third kappa shape index (κ3) is 3.02. The first-order valence-corrected chi connectivity index (χ1v) is 8.62. The average molecular weight is 368 g/mol. The highest BCUT2D eigenvalue weighted by Gasteiger charge is 2.27. The van der Waals surface area contributed by atoms with Gasteiger partial charge in [0.05, 0.1) is 5.52 Å². The van der Waals surface area contributed by atoms with E-state index in [1.54, 1.807) is 17.8 Å². The van der Waals surface area contributed by atoms with E-state index in [9.17, 15) is 14.3 Å². The van der Waals surface area contributed by atoms with Crippen molar-refractivity contribution in [3.05, 3.63) is 71.6 Å². The molecule has 1 amide bonds. The summed E-state index contributed by atoms with van der Waals surface area (Å²) in [5.41, 5.74) is 0.808. The van der Waals surface area contributed by atoms with Crippen molar-refractivity contribution in [1.29, 1.82) is 0 Å². The zero-order valence-electron chi connectivity index (χ0n) is 13.3. The molecule has 0 bridgehead atoms. The number of halogens is 1. The van der Waals surface area contributed by atoms with Gasteiger partial charge in [0, 0.05) is 28.7 Å². The molecule has 2 aromatic carbocycles. The van der Waals surface area contributed by atoms with Gasteiger partial charge in [0.1, 0.15) is 11.6 Å². The number of hydrogen-bond donors (Lipinski definition) is 2. The van der Waals surface area contributed by atoms with Crippen LogP contribution in [0.15, 0.2) is 60.2 Å². The normalized spacial score (nSPS) is 12.2. The summed E-state index contributed by atoms with van der Waals surface area (Å²) >= 11 is 1.26. The van der Waals surface area contributed by atoms with Crippen molar-refractivity contribution in [2.45, 2.75) is 6.04 Å². The number of aromatic hydroxyl groups is 1. The molecule has 8 heteroatoms. The van der Waals surface area contributed by atoms with Crippen LogP contribution < -0.4 is 5.32 Å². The summed E-state index contributed by atoms with van der Waals surface area (Å²) in [6, 6.07) is 9.80. The molecule has 0 radical (unpaired) electrons. The number of aromatic nitrogens is 3. The largest absolute Gasteiger partial charge is 0.508 e. The number of carbonyl (C=O) groups is 1. The number of nitrogens with one attached hydrogen (secondary N) is 1. The zero-order chi connectivity index (χ0) is 18.1. The second-order valence-electron chi connectivity index (χ2n) is 5.60. The van der Waals surface area contributed by atoms with Crippen LogP contribution in [0.5, 0.6) is 5.75 Å². The van der Waals surface area contributed by atoms with E-state index >= 15 is 0 Å². The molecule has 2 aromatic heterocycles. The number of benzene rings is 2. The van der Waals surface area contributed by atoms with Crippen molar-refractivity contribution in [2.24, 2.45) is 0 Å². The molecule has 4 aromatic rings. The van der Waals surface area contributed by atoms with Crippen molar-refractivity contribution < 1.29 is 14.3 Å². The lowest BCUT2D eigenvalue weighted by atomic mass is 10.0. The van der Waals surface area contributed by atoms with Gasteiger partial charge >= 0.3 is 0 Å². The Balaban J connectivity index is 1.82. The number of fused-ring (bicyclic) bond motifs is 1. The van der Waals surface area contributed by atoms with E-state index in [2.05, 4.69) is 15.4 Å². The smallest absolute Gasteiger partial charge is 0.255 e. The molecule has 1 unspecified atom stereocenters. The molecule has 1 atom stereocenters. The number of amides is 1. The van der Waals surface area contributed by atoms with Gasteiger partial charge in [-0.2, -0.15) is 5.10 Å². The minimum absolute atomic E-state index is 0.117. The second-order valence-corrected chi connectivity index (χ2v) is 6.49. The van der Waals surface area contributed by atoms with Crippen LogP contribution in [-0.4, -0.2) is 25.8 Å². The molecule has 4 rings (SSSR count). The summed E-state index contributed by atoms with van der Waals surface area (Å²) in [6.07, 6.45) is 3.25. The Bertz CT molecular complexity index is 1040. The zero-order valence-corrected chi connectivity index (χ0v) is 14.2. The molecule has 2 N–H and O–H groups in total. The van der Waals surface area contributed by atoms with Gasteiger partial charge in [-0.1, -0.05) is 18.2 Å². The maximum Gasteiger partial charge on any atom is 0.255 e. The minimum Gasteiger partial charge on any atom is -0.508 e. The van der Waals surface area contributed by atoms with Crippen molar-refractivity contribution in [3.63, 3.8) is 0 Å². The third-order valence-electron chi connectivity index (χ3n) is 3.89. The quantitative estimate of drug-likeness (QED) is 0.577. The van der Waals surface area contributed by atoms with Crippen LogP contribution in [-0.2, 0) is 4.79 Å². The number of phenols is 1. The van der Waals surface area contributed by atoms with Crippen LogP contribution in [0.1, 0.15) is 11.6 Å². The highest BCUT2D eigenvalue weighted by Crippen LogP contribution is 2.30. The monoisotopic (exact) mass is 368 g/mol. The third-order valence-corrected chi connectivity index (χ3v) is 4.58. The predicted octanol–water partition coefficient (Wildman–Crippen LogP) is 3.57. The minimum atomic E-state index is -1.05. The molecule has 0 fully saturated rings. The lowest BCUT2D eigenvalue weighted by Gasteiger charge is -2.18. The van der Waals surface area contributed by atoms with Crippen molar-refractivity contribution in [2.75, 3.05) is 5.32 Å². The molecule has 6 nitrogen and oxygen atoms in total. The van der Waals surface area contributed by atoms with Gasteiger partial charge in [-0.25, -0.2) is 9.37 Å². The molecule has 26 heavy (non-hydrogen) atoms. The van der Waals surface area contributed by atoms with Crippen molar-refractivity contribution in [3.8, 4) is 5.75 Å². The molecule has 0 aliphatic heterocycles. The van der Waals surface area contributed by atoms with Crippen LogP contribution in [0.25, 0.3) is 10.9 Å². The first kappa shape index (κ1) is 16.2. The number of nitrogens with zero attached hydrogens (tertiary/aromatic N) is 3. The Morgan fingerprint density at radius 2 is 2.12 bits per heavy atom. The van der Waals surface area contributed by atoms with Gasteiger partial charge in [-0.05, 0) is 24.3 Å². The standard InChI is InChI=1S/C18H13FN4O2S/c19-12-5-6-15(24)13(9-12)16(17(25)21-18-20-7-8-26-18)23-10-11-3-1-2-4-14(11)22-23/h1-10,16,24H,(H,20,21,25). The predicted molar refractivity (Wildman–Crippen MR) is 96.7 cm³/mol. The summed E-state index contributed by atoms with van der Waals surface area (Å²) in [5.74, 6) is -1.22. The van der Waals surface area contributed by atoms with Gasteiger partial charge < -0.3 is 5.11 Å². The molecule has 130 valence electrons. The fourth-order valence-corrected chi connectivity index (χ4v) is 3.25. The maximum absolute atomic E-state index is 13.8. The van der Waals surface area contributed by atoms with E-state index in [4.69, 9.17) is 0 Å². The summed E-state index contributed by atoms with van der Waals surface area (Å²) in [4.78, 5) is 16.9. The van der Waals surface area contributed by atoms with Crippen molar-refractivity contribution >= 4 is 33.3 Å². The molecule has 0 spiro atoms. The van der Waals surface area contributed by atoms with Gasteiger partial charge in [-0.3, -0.25) is 14.8 Å². The Morgan fingerprint density at radius 3 is 2.88 bits per heavy atom. The Labute approximate surface area is 151 Å². The van der Waals surface area contributed by atoms with E-state index in [1.165, 1.54) is 22.1 Å².